The van der Waals surface area contributed by atoms with Crippen molar-refractivity contribution in [2.45, 2.75) is 38.9 Å². The first-order valence-electron chi connectivity index (χ1n) is 4.05. The van der Waals surface area contributed by atoms with E-state index in [9.17, 15) is 10.2 Å². The van der Waals surface area contributed by atoms with Crippen LogP contribution in [0.25, 0.3) is 0 Å². The summed E-state index contributed by atoms with van der Waals surface area (Å²) in [6, 6.07) is 0. The molecule has 0 bridgehead atoms. The minimum Gasteiger partial charge on any atom is -0.389 e. The van der Waals surface area contributed by atoms with Crippen molar-refractivity contribution in [1.82, 2.24) is 0 Å². The van der Waals surface area contributed by atoms with E-state index in [0.29, 0.717) is 6.42 Å². The summed E-state index contributed by atoms with van der Waals surface area (Å²) in [5.74, 6) is 0. The maximum absolute atomic E-state index is 9.32. The zero-order valence-corrected chi connectivity index (χ0v) is 8.04. The maximum Gasteiger partial charge on any atom is 0.0772 e. The molecule has 0 aromatic rings. The van der Waals surface area contributed by atoms with Crippen LogP contribution in [0.15, 0.2) is 24.3 Å². The lowest BCUT2D eigenvalue weighted by Gasteiger charge is -2.12. The third-order valence-corrected chi connectivity index (χ3v) is 1.28. The zero-order valence-electron chi connectivity index (χ0n) is 8.04. The number of hydrogen-bond donors (Lipinski definition) is 2. The van der Waals surface area contributed by atoms with Crippen molar-refractivity contribution in [2.75, 3.05) is 0 Å². The van der Waals surface area contributed by atoms with Gasteiger partial charge >= 0.3 is 0 Å². The molecule has 0 fully saturated rings. The fraction of sp³-hybridized carbons (Fsp3) is 0.600. The highest BCUT2D eigenvalue weighted by Crippen LogP contribution is 2.07. The average molecular weight is 170 g/mol. The standard InChI is InChI=1S/C10H18O2/c1-8(2)7-9(11)5-6-10(3,4)12/h5-6,9,11-12H,1,7H2,2-4H3/b6-5+/t9-/m0/s1. The van der Waals surface area contributed by atoms with Gasteiger partial charge < -0.3 is 10.2 Å². The Morgan fingerprint density at radius 2 is 2.08 bits per heavy atom. The fourth-order valence-electron chi connectivity index (χ4n) is 0.772. The van der Waals surface area contributed by atoms with Gasteiger partial charge in [-0.1, -0.05) is 17.7 Å². The summed E-state index contributed by atoms with van der Waals surface area (Å²) in [7, 11) is 0. The molecule has 0 saturated heterocycles. The first kappa shape index (κ1) is 11.4. The molecule has 12 heavy (non-hydrogen) atoms. The molecular formula is C10H18O2. The lowest BCUT2D eigenvalue weighted by molar-refractivity contribution is 0.130. The predicted molar refractivity (Wildman–Crippen MR) is 50.9 cm³/mol. The number of hydrogen-bond acceptors (Lipinski definition) is 2. The Bertz CT molecular complexity index is 175. The first-order chi connectivity index (χ1) is 5.31. The van der Waals surface area contributed by atoms with Gasteiger partial charge in [0.1, 0.15) is 0 Å². The van der Waals surface area contributed by atoms with E-state index in [-0.39, 0.29) is 0 Å². The van der Waals surface area contributed by atoms with Crippen LogP contribution in [0.1, 0.15) is 27.2 Å². The Kier molecular flexibility index (Phi) is 4.21. The van der Waals surface area contributed by atoms with Crippen molar-refractivity contribution >= 4 is 0 Å². The van der Waals surface area contributed by atoms with Crippen molar-refractivity contribution < 1.29 is 10.2 Å². The van der Waals surface area contributed by atoms with Crippen LogP contribution in [0, 0.1) is 0 Å². The molecule has 0 amide bonds. The Morgan fingerprint density at radius 1 is 1.58 bits per heavy atom. The number of aliphatic hydroxyl groups is 2. The second kappa shape index (κ2) is 4.43. The molecule has 0 saturated carbocycles. The molecule has 0 aromatic heterocycles. The SMILES string of the molecule is C=C(C)C[C@@H](O)/C=C/C(C)(C)O. The average Bonchev–Trinajstić information content (AvgIpc) is 1.80. The summed E-state index contributed by atoms with van der Waals surface area (Å²) in [5.41, 5.74) is 0.0821. The van der Waals surface area contributed by atoms with E-state index in [2.05, 4.69) is 6.58 Å². The van der Waals surface area contributed by atoms with E-state index in [1.54, 1.807) is 26.0 Å². The summed E-state index contributed by atoms with van der Waals surface area (Å²) in [5, 5.41) is 18.6. The van der Waals surface area contributed by atoms with E-state index >= 15 is 0 Å². The van der Waals surface area contributed by atoms with E-state index in [1.165, 1.54) is 0 Å². The van der Waals surface area contributed by atoms with E-state index in [0.717, 1.165) is 5.57 Å². The molecule has 0 radical (unpaired) electrons. The largest absolute Gasteiger partial charge is 0.389 e. The summed E-state index contributed by atoms with van der Waals surface area (Å²) < 4.78 is 0. The molecule has 2 heteroatoms. The quantitative estimate of drug-likeness (QED) is 0.630. The molecule has 70 valence electrons. The van der Waals surface area contributed by atoms with Crippen LogP contribution >= 0.6 is 0 Å². The molecule has 2 nitrogen and oxygen atoms in total. The van der Waals surface area contributed by atoms with Gasteiger partial charge in [-0.2, -0.15) is 0 Å². The highest BCUT2D eigenvalue weighted by Gasteiger charge is 2.07. The molecule has 0 spiro atoms. The third-order valence-electron chi connectivity index (χ3n) is 1.28. The first-order valence-corrected chi connectivity index (χ1v) is 4.05. The Hall–Kier alpha value is -0.600. The van der Waals surface area contributed by atoms with Crippen LogP contribution in [0.2, 0.25) is 0 Å². The van der Waals surface area contributed by atoms with Gasteiger partial charge in [-0.25, -0.2) is 0 Å². The van der Waals surface area contributed by atoms with Gasteiger partial charge in [-0.05, 0) is 27.2 Å². The van der Waals surface area contributed by atoms with Crippen LogP contribution in [0.5, 0.6) is 0 Å². The summed E-state index contributed by atoms with van der Waals surface area (Å²) >= 11 is 0. The van der Waals surface area contributed by atoms with E-state index in [4.69, 9.17) is 0 Å². The minimum atomic E-state index is -0.851. The van der Waals surface area contributed by atoms with Gasteiger partial charge in [0, 0.05) is 0 Å². The minimum absolute atomic E-state index is 0.533. The third kappa shape index (κ3) is 7.51. The number of aliphatic hydroxyl groups excluding tert-OH is 1. The molecular weight excluding hydrogens is 152 g/mol. The summed E-state index contributed by atoms with van der Waals surface area (Å²) in [4.78, 5) is 0. The molecule has 1 atom stereocenters. The molecule has 0 aliphatic carbocycles. The highest BCUT2D eigenvalue weighted by atomic mass is 16.3. The summed E-state index contributed by atoms with van der Waals surface area (Å²) in [6.45, 7) is 8.87. The van der Waals surface area contributed by atoms with Crippen LogP contribution < -0.4 is 0 Å². The van der Waals surface area contributed by atoms with Gasteiger partial charge in [-0.3, -0.25) is 0 Å². The monoisotopic (exact) mass is 170 g/mol. The van der Waals surface area contributed by atoms with Gasteiger partial charge in [0.25, 0.3) is 0 Å². The maximum atomic E-state index is 9.32. The van der Waals surface area contributed by atoms with E-state index in [1.807, 2.05) is 6.92 Å². The van der Waals surface area contributed by atoms with Crippen molar-refractivity contribution in [3.8, 4) is 0 Å². The molecule has 0 heterocycles. The Morgan fingerprint density at radius 3 is 2.42 bits per heavy atom. The topological polar surface area (TPSA) is 40.5 Å². The summed E-state index contributed by atoms with van der Waals surface area (Å²) in [6.07, 6.45) is 3.19. The van der Waals surface area contributed by atoms with Crippen molar-refractivity contribution in [3.63, 3.8) is 0 Å². The molecule has 0 rings (SSSR count). The van der Waals surface area contributed by atoms with Crippen LogP contribution in [-0.4, -0.2) is 21.9 Å². The lowest BCUT2D eigenvalue weighted by atomic mass is 10.1. The van der Waals surface area contributed by atoms with Gasteiger partial charge in [0.2, 0.25) is 0 Å². The number of rotatable bonds is 4. The van der Waals surface area contributed by atoms with Crippen molar-refractivity contribution in [3.05, 3.63) is 24.3 Å². The van der Waals surface area contributed by atoms with Gasteiger partial charge in [0.05, 0.1) is 11.7 Å². The predicted octanol–water partition coefficient (Wildman–Crippen LogP) is 1.64. The zero-order chi connectivity index (χ0) is 9.78. The fourth-order valence-corrected chi connectivity index (χ4v) is 0.772. The normalized spacial score (nSPS) is 15.1. The Labute approximate surface area is 74.2 Å². The molecule has 0 aliphatic rings. The van der Waals surface area contributed by atoms with Gasteiger partial charge in [-0.15, -0.1) is 6.58 Å². The molecule has 2 N–H and O–H groups in total. The van der Waals surface area contributed by atoms with Crippen LogP contribution in [-0.2, 0) is 0 Å². The highest BCUT2D eigenvalue weighted by molar-refractivity contribution is 5.03. The smallest absolute Gasteiger partial charge is 0.0772 e. The second-order valence-corrected chi connectivity index (χ2v) is 3.74. The lowest BCUT2D eigenvalue weighted by Crippen LogP contribution is -2.15. The molecule has 0 unspecified atom stereocenters. The van der Waals surface area contributed by atoms with Crippen LogP contribution in [0.3, 0.4) is 0 Å². The second-order valence-electron chi connectivity index (χ2n) is 3.74. The molecule has 0 aliphatic heterocycles. The molecule has 0 aromatic carbocycles. The van der Waals surface area contributed by atoms with Crippen molar-refractivity contribution in [1.29, 1.82) is 0 Å². The van der Waals surface area contributed by atoms with Crippen LogP contribution in [0.4, 0.5) is 0 Å². The Balaban J connectivity index is 3.91. The van der Waals surface area contributed by atoms with Gasteiger partial charge in [0.15, 0.2) is 0 Å². The van der Waals surface area contributed by atoms with Crippen molar-refractivity contribution in [2.24, 2.45) is 0 Å². The van der Waals surface area contributed by atoms with E-state index < -0.39 is 11.7 Å².